The van der Waals surface area contributed by atoms with Crippen molar-refractivity contribution in [2.45, 2.75) is 32.2 Å². The van der Waals surface area contributed by atoms with Crippen LogP contribution in [0, 0.1) is 6.92 Å². The van der Waals surface area contributed by atoms with Crippen molar-refractivity contribution in [3.8, 4) is 0 Å². The quantitative estimate of drug-likeness (QED) is 0.837. The predicted octanol–water partition coefficient (Wildman–Crippen LogP) is 2.05. The molecular formula is C16H23N5O2S. The molecule has 4 rings (SSSR count). The molecule has 24 heavy (non-hydrogen) atoms. The zero-order valence-electron chi connectivity index (χ0n) is 14.0. The van der Waals surface area contributed by atoms with Crippen LogP contribution < -0.4 is 4.90 Å². The summed E-state index contributed by atoms with van der Waals surface area (Å²) in [6.07, 6.45) is 4.21. The van der Waals surface area contributed by atoms with Crippen molar-refractivity contribution in [2.75, 3.05) is 44.3 Å². The minimum atomic E-state index is 0.434. The molecule has 2 aromatic heterocycles. The third kappa shape index (κ3) is 3.60. The molecule has 0 N–H and O–H groups in total. The van der Waals surface area contributed by atoms with E-state index in [2.05, 4.69) is 24.9 Å². The van der Waals surface area contributed by atoms with E-state index < -0.39 is 0 Å². The van der Waals surface area contributed by atoms with Crippen molar-refractivity contribution >= 4 is 16.5 Å². The third-order valence-electron chi connectivity index (χ3n) is 4.70. The van der Waals surface area contributed by atoms with E-state index in [0.29, 0.717) is 11.8 Å². The number of rotatable bonds is 4. The summed E-state index contributed by atoms with van der Waals surface area (Å²) in [6.45, 7) is 8.48. The second-order valence-electron chi connectivity index (χ2n) is 6.43. The number of nitrogens with zero attached hydrogens (tertiary/aromatic N) is 5. The van der Waals surface area contributed by atoms with Gasteiger partial charge in [-0.15, -0.1) is 11.3 Å². The molecule has 8 heteroatoms. The number of aromatic nitrogens is 3. The van der Waals surface area contributed by atoms with Crippen LogP contribution in [0.2, 0.25) is 0 Å². The van der Waals surface area contributed by atoms with Crippen molar-refractivity contribution in [3.63, 3.8) is 0 Å². The first-order chi connectivity index (χ1) is 11.8. The smallest absolute Gasteiger partial charge is 0.223 e. The number of anilines is 1. The van der Waals surface area contributed by atoms with Crippen LogP contribution in [-0.4, -0.2) is 59.4 Å². The molecule has 0 aromatic carbocycles. The Morgan fingerprint density at radius 3 is 2.71 bits per heavy atom. The minimum Gasteiger partial charge on any atom is -0.378 e. The Bertz CT molecular complexity index is 659. The van der Waals surface area contributed by atoms with Crippen LogP contribution in [0.1, 0.15) is 35.4 Å². The lowest BCUT2D eigenvalue weighted by Gasteiger charge is -2.30. The summed E-state index contributed by atoms with van der Waals surface area (Å²) in [4.78, 5) is 15.1. The maximum absolute atomic E-state index is 5.41. The average Bonchev–Trinajstić information content (AvgIpc) is 3.26. The van der Waals surface area contributed by atoms with Gasteiger partial charge in [0.2, 0.25) is 5.89 Å². The fourth-order valence-corrected chi connectivity index (χ4v) is 4.33. The molecule has 2 aliphatic heterocycles. The second kappa shape index (κ2) is 7.16. The Kier molecular flexibility index (Phi) is 4.77. The number of thiazole rings is 1. The molecule has 0 spiro atoms. The highest BCUT2D eigenvalue weighted by atomic mass is 32.1. The monoisotopic (exact) mass is 349 g/mol. The minimum absolute atomic E-state index is 0.434. The summed E-state index contributed by atoms with van der Waals surface area (Å²) in [5, 5.41) is 5.21. The van der Waals surface area contributed by atoms with Crippen LogP contribution in [0.5, 0.6) is 0 Å². The van der Waals surface area contributed by atoms with Gasteiger partial charge in [-0.3, -0.25) is 4.90 Å². The molecule has 0 amide bonds. The van der Waals surface area contributed by atoms with Gasteiger partial charge < -0.3 is 14.2 Å². The van der Waals surface area contributed by atoms with E-state index in [4.69, 9.17) is 9.26 Å². The molecule has 2 aliphatic rings. The number of piperidine rings is 1. The number of ether oxygens (including phenoxy) is 1. The Labute approximate surface area is 145 Å². The zero-order valence-corrected chi connectivity index (χ0v) is 14.8. The van der Waals surface area contributed by atoms with E-state index in [1.807, 2.05) is 24.5 Å². The lowest BCUT2D eigenvalue weighted by atomic mass is 9.96. The third-order valence-corrected chi connectivity index (χ3v) is 5.74. The Balaban J connectivity index is 1.30. The van der Waals surface area contributed by atoms with Crippen LogP contribution in [-0.2, 0) is 11.3 Å². The summed E-state index contributed by atoms with van der Waals surface area (Å²) >= 11 is 1.81. The summed E-state index contributed by atoms with van der Waals surface area (Å²) in [5.41, 5.74) is 0. The largest absolute Gasteiger partial charge is 0.378 e. The fraction of sp³-hybridized carbons (Fsp3) is 0.688. The molecule has 0 atom stereocenters. The lowest BCUT2D eigenvalue weighted by Crippen LogP contribution is -2.36. The zero-order chi connectivity index (χ0) is 16.4. The molecule has 0 bridgehead atoms. The van der Waals surface area contributed by atoms with Crippen LogP contribution in [0.25, 0.3) is 0 Å². The van der Waals surface area contributed by atoms with Crippen molar-refractivity contribution in [3.05, 3.63) is 22.8 Å². The van der Waals surface area contributed by atoms with Crippen LogP contribution in [0.15, 0.2) is 10.7 Å². The van der Waals surface area contributed by atoms with E-state index in [9.17, 15) is 0 Å². The number of hydrogen-bond donors (Lipinski definition) is 0. The standard InChI is InChI=1S/C16H23N5O2S/c1-12-18-15(19-23-12)13-2-4-20(5-3-13)11-14-10-17-16(24-14)21-6-8-22-9-7-21/h10,13H,2-9,11H2,1H3. The van der Waals surface area contributed by atoms with Gasteiger partial charge in [-0.1, -0.05) is 5.16 Å². The summed E-state index contributed by atoms with van der Waals surface area (Å²) < 4.78 is 10.5. The number of likely N-dealkylation sites (tertiary alicyclic amines) is 1. The van der Waals surface area contributed by atoms with Crippen molar-refractivity contribution in [1.82, 2.24) is 20.0 Å². The highest BCUT2D eigenvalue weighted by Gasteiger charge is 2.25. The highest BCUT2D eigenvalue weighted by Crippen LogP contribution is 2.29. The molecule has 0 aliphatic carbocycles. The molecular weight excluding hydrogens is 326 g/mol. The Morgan fingerprint density at radius 2 is 2.00 bits per heavy atom. The second-order valence-corrected chi connectivity index (χ2v) is 7.52. The van der Waals surface area contributed by atoms with E-state index >= 15 is 0 Å². The van der Waals surface area contributed by atoms with E-state index in [1.165, 1.54) is 4.88 Å². The first-order valence-electron chi connectivity index (χ1n) is 8.58. The van der Waals surface area contributed by atoms with Gasteiger partial charge in [-0.2, -0.15) is 4.98 Å². The Morgan fingerprint density at radius 1 is 1.21 bits per heavy atom. The van der Waals surface area contributed by atoms with Crippen molar-refractivity contribution in [2.24, 2.45) is 0 Å². The average molecular weight is 349 g/mol. The van der Waals surface area contributed by atoms with Crippen molar-refractivity contribution < 1.29 is 9.26 Å². The number of hydrogen-bond acceptors (Lipinski definition) is 8. The van der Waals surface area contributed by atoms with Gasteiger partial charge in [0, 0.05) is 43.5 Å². The maximum Gasteiger partial charge on any atom is 0.223 e. The summed E-state index contributed by atoms with van der Waals surface area (Å²) in [6, 6.07) is 0. The van der Waals surface area contributed by atoms with Gasteiger partial charge in [0.15, 0.2) is 11.0 Å². The molecule has 4 heterocycles. The van der Waals surface area contributed by atoms with Gasteiger partial charge >= 0.3 is 0 Å². The van der Waals surface area contributed by atoms with Gasteiger partial charge in [-0.25, -0.2) is 4.98 Å². The number of morpholine rings is 1. The van der Waals surface area contributed by atoms with Crippen LogP contribution >= 0.6 is 11.3 Å². The normalized spacial score (nSPS) is 20.6. The van der Waals surface area contributed by atoms with Crippen molar-refractivity contribution in [1.29, 1.82) is 0 Å². The molecule has 2 aromatic rings. The molecule has 130 valence electrons. The van der Waals surface area contributed by atoms with E-state index in [-0.39, 0.29) is 0 Å². The number of aryl methyl sites for hydroxylation is 1. The molecule has 7 nitrogen and oxygen atoms in total. The first kappa shape index (κ1) is 16.0. The fourth-order valence-electron chi connectivity index (χ4n) is 3.32. The maximum atomic E-state index is 5.41. The van der Waals surface area contributed by atoms with E-state index in [0.717, 1.165) is 69.7 Å². The van der Waals surface area contributed by atoms with Gasteiger partial charge in [-0.05, 0) is 25.9 Å². The molecule has 0 saturated carbocycles. The highest BCUT2D eigenvalue weighted by molar-refractivity contribution is 7.15. The van der Waals surface area contributed by atoms with E-state index in [1.54, 1.807) is 0 Å². The molecule has 2 fully saturated rings. The summed E-state index contributed by atoms with van der Waals surface area (Å²) in [7, 11) is 0. The molecule has 2 saturated heterocycles. The Hall–Kier alpha value is -1.51. The first-order valence-corrected chi connectivity index (χ1v) is 9.39. The molecule has 0 unspecified atom stereocenters. The lowest BCUT2D eigenvalue weighted by molar-refractivity contribution is 0.122. The topological polar surface area (TPSA) is 67.5 Å². The van der Waals surface area contributed by atoms with Gasteiger partial charge in [0.25, 0.3) is 0 Å². The predicted molar refractivity (Wildman–Crippen MR) is 91.4 cm³/mol. The SMILES string of the molecule is Cc1nc(C2CCN(Cc3cnc(N4CCOCC4)s3)CC2)no1. The van der Waals surface area contributed by atoms with Crippen LogP contribution in [0.3, 0.4) is 0 Å². The van der Waals surface area contributed by atoms with Gasteiger partial charge in [0.05, 0.1) is 13.2 Å². The van der Waals surface area contributed by atoms with Gasteiger partial charge in [0.1, 0.15) is 0 Å². The van der Waals surface area contributed by atoms with Crippen LogP contribution in [0.4, 0.5) is 5.13 Å². The molecule has 0 radical (unpaired) electrons. The summed E-state index contributed by atoms with van der Waals surface area (Å²) in [5.74, 6) is 1.97.